The normalized spacial score (nSPS) is 10.7. The van der Waals surface area contributed by atoms with E-state index in [2.05, 4.69) is 4.99 Å². The predicted octanol–water partition coefficient (Wildman–Crippen LogP) is 2.94. The molecule has 0 unspecified atom stereocenters. The van der Waals surface area contributed by atoms with Crippen LogP contribution in [-0.2, 0) is 0 Å². The molecule has 0 atom stereocenters. The van der Waals surface area contributed by atoms with Crippen LogP contribution in [0.2, 0.25) is 5.02 Å². The van der Waals surface area contributed by atoms with Gasteiger partial charge in [0.2, 0.25) is 0 Å². The minimum absolute atomic E-state index is 0.270. The Morgan fingerprint density at radius 2 is 2.13 bits per heavy atom. The average molecular weight is 245 g/mol. The molecule has 0 radical (unpaired) electrons. The van der Waals surface area contributed by atoms with E-state index in [0.29, 0.717) is 10.7 Å². The molecular formula is C10H10Cl2N2O. The summed E-state index contributed by atoms with van der Waals surface area (Å²) in [5.74, 6) is 0. The fourth-order valence-corrected chi connectivity index (χ4v) is 1.33. The Kier molecular flexibility index (Phi) is 4.12. The maximum atomic E-state index is 11.0. The average Bonchev–Trinajstić information content (AvgIpc) is 2.16. The third-order valence-corrected chi connectivity index (χ3v) is 2.13. The van der Waals surface area contributed by atoms with Crippen molar-refractivity contribution in [2.45, 2.75) is 0 Å². The number of benzene rings is 1. The molecule has 1 aromatic rings. The van der Waals surface area contributed by atoms with E-state index in [1.807, 2.05) is 14.1 Å². The zero-order valence-electron chi connectivity index (χ0n) is 8.37. The summed E-state index contributed by atoms with van der Waals surface area (Å²) in [5, 5.41) is -0.249. The van der Waals surface area contributed by atoms with Gasteiger partial charge in [0, 0.05) is 14.1 Å². The number of hydrogen-bond donors (Lipinski definition) is 0. The third kappa shape index (κ3) is 3.53. The molecule has 0 N–H and O–H groups in total. The molecule has 0 aromatic heterocycles. The molecule has 0 aliphatic rings. The highest BCUT2D eigenvalue weighted by Crippen LogP contribution is 2.23. The molecular weight excluding hydrogens is 235 g/mol. The highest BCUT2D eigenvalue weighted by atomic mass is 35.5. The van der Waals surface area contributed by atoms with Crippen LogP contribution in [-0.4, -0.2) is 30.6 Å². The van der Waals surface area contributed by atoms with E-state index in [1.54, 1.807) is 29.4 Å². The summed E-state index contributed by atoms with van der Waals surface area (Å²) in [4.78, 5) is 16.9. The summed E-state index contributed by atoms with van der Waals surface area (Å²) in [6, 6.07) is 4.86. The second-order valence-electron chi connectivity index (χ2n) is 3.15. The molecule has 5 heteroatoms. The van der Waals surface area contributed by atoms with Crippen LogP contribution in [0.15, 0.2) is 23.2 Å². The maximum absolute atomic E-state index is 11.0. The molecule has 1 aromatic carbocycles. The van der Waals surface area contributed by atoms with Gasteiger partial charge in [-0.1, -0.05) is 11.6 Å². The van der Waals surface area contributed by atoms with Crippen LogP contribution in [0.1, 0.15) is 10.4 Å². The van der Waals surface area contributed by atoms with Gasteiger partial charge in [-0.05, 0) is 29.8 Å². The van der Waals surface area contributed by atoms with E-state index in [-0.39, 0.29) is 5.56 Å². The first-order chi connectivity index (χ1) is 7.00. The van der Waals surface area contributed by atoms with Crippen LogP contribution in [0.5, 0.6) is 0 Å². The third-order valence-electron chi connectivity index (χ3n) is 1.60. The number of halogens is 2. The lowest BCUT2D eigenvalue weighted by Crippen LogP contribution is -2.07. The molecule has 0 bridgehead atoms. The molecule has 0 aliphatic carbocycles. The van der Waals surface area contributed by atoms with Crippen LogP contribution < -0.4 is 0 Å². The van der Waals surface area contributed by atoms with Gasteiger partial charge in [0.15, 0.2) is 0 Å². The Morgan fingerprint density at radius 1 is 1.47 bits per heavy atom. The van der Waals surface area contributed by atoms with Crippen molar-refractivity contribution in [1.29, 1.82) is 0 Å². The number of nitrogens with zero attached hydrogens (tertiary/aromatic N) is 2. The molecule has 3 nitrogen and oxygen atoms in total. The van der Waals surface area contributed by atoms with E-state index < -0.39 is 5.24 Å². The Morgan fingerprint density at radius 3 is 2.67 bits per heavy atom. The molecule has 0 heterocycles. The Labute approximate surface area is 98.3 Å². The summed E-state index contributed by atoms with van der Waals surface area (Å²) in [5.41, 5.74) is 0.906. The van der Waals surface area contributed by atoms with E-state index in [0.717, 1.165) is 0 Å². The van der Waals surface area contributed by atoms with Gasteiger partial charge >= 0.3 is 0 Å². The van der Waals surface area contributed by atoms with Crippen LogP contribution in [0.3, 0.4) is 0 Å². The van der Waals surface area contributed by atoms with Crippen molar-refractivity contribution in [3.63, 3.8) is 0 Å². The van der Waals surface area contributed by atoms with Gasteiger partial charge in [-0.3, -0.25) is 4.79 Å². The number of aliphatic imine (C=N–C) groups is 1. The van der Waals surface area contributed by atoms with Crippen molar-refractivity contribution >= 4 is 40.5 Å². The minimum atomic E-state index is -0.582. The van der Waals surface area contributed by atoms with E-state index >= 15 is 0 Å². The first-order valence-electron chi connectivity index (χ1n) is 4.20. The van der Waals surface area contributed by atoms with Gasteiger partial charge in [0.25, 0.3) is 5.24 Å². The van der Waals surface area contributed by atoms with Crippen LogP contribution >= 0.6 is 23.2 Å². The molecule has 0 amide bonds. The lowest BCUT2D eigenvalue weighted by molar-refractivity contribution is 0.108. The minimum Gasteiger partial charge on any atom is -0.369 e. The summed E-state index contributed by atoms with van der Waals surface area (Å²) in [6.45, 7) is 0. The molecule has 1 rings (SSSR count). The van der Waals surface area contributed by atoms with Gasteiger partial charge < -0.3 is 4.90 Å². The van der Waals surface area contributed by atoms with E-state index in [1.165, 1.54) is 0 Å². The number of carbonyl (C=O) groups excluding carboxylic acids is 1. The summed E-state index contributed by atoms with van der Waals surface area (Å²) in [7, 11) is 3.71. The van der Waals surface area contributed by atoms with Crippen molar-refractivity contribution in [2.75, 3.05) is 14.1 Å². The zero-order valence-corrected chi connectivity index (χ0v) is 9.88. The van der Waals surface area contributed by atoms with Crippen molar-refractivity contribution < 1.29 is 4.79 Å². The second kappa shape index (κ2) is 5.14. The largest absolute Gasteiger partial charge is 0.369 e. The summed E-state index contributed by atoms with van der Waals surface area (Å²) < 4.78 is 0. The van der Waals surface area contributed by atoms with E-state index in [4.69, 9.17) is 23.2 Å². The quantitative estimate of drug-likeness (QED) is 0.466. The number of hydrogen-bond acceptors (Lipinski definition) is 2. The van der Waals surface area contributed by atoms with Crippen LogP contribution in [0.25, 0.3) is 0 Å². The van der Waals surface area contributed by atoms with Gasteiger partial charge in [-0.2, -0.15) is 0 Å². The Bertz CT molecular complexity index is 402. The van der Waals surface area contributed by atoms with Gasteiger partial charge in [-0.25, -0.2) is 4.99 Å². The fraction of sp³-hybridized carbons (Fsp3) is 0.200. The topological polar surface area (TPSA) is 32.7 Å². The van der Waals surface area contributed by atoms with Crippen molar-refractivity contribution in [2.24, 2.45) is 4.99 Å². The molecule has 0 saturated carbocycles. The molecule has 0 fully saturated rings. The fourth-order valence-electron chi connectivity index (χ4n) is 0.926. The highest BCUT2D eigenvalue weighted by molar-refractivity contribution is 6.68. The predicted molar refractivity (Wildman–Crippen MR) is 63.5 cm³/mol. The standard InChI is InChI=1S/C10H10Cl2N2O/c1-14(2)6-13-7-3-4-9(11)8(5-7)10(12)15/h3-6H,1-2H3/b13-6+. The van der Waals surface area contributed by atoms with Gasteiger partial charge in [-0.15, -0.1) is 0 Å². The molecule has 0 aliphatic heterocycles. The van der Waals surface area contributed by atoms with Gasteiger partial charge in [0.1, 0.15) is 0 Å². The van der Waals surface area contributed by atoms with E-state index in [9.17, 15) is 4.79 Å². The highest BCUT2D eigenvalue weighted by Gasteiger charge is 2.07. The maximum Gasteiger partial charge on any atom is 0.253 e. The number of carbonyl (C=O) groups is 1. The first-order valence-corrected chi connectivity index (χ1v) is 4.96. The first kappa shape index (κ1) is 12.0. The second-order valence-corrected chi connectivity index (χ2v) is 3.90. The summed E-state index contributed by atoms with van der Waals surface area (Å²) >= 11 is 11.1. The Balaban J connectivity index is 3.03. The molecule has 0 spiro atoms. The van der Waals surface area contributed by atoms with Crippen molar-refractivity contribution in [3.05, 3.63) is 28.8 Å². The van der Waals surface area contributed by atoms with Crippen molar-refractivity contribution in [1.82, 2.24) is 4.90 Å². The Hall–Kier alpha value is -1.06. The summed E-state index contributed by atoms with van der Waals surface area (Å²) in [6.07, 6.45) is 1.63. The smallest absolute Gasteiger partial charge is 0.253 e. The van der Waals surface area contributed by atoms with Gasteiger partial charge in [0.05, 0.1) is 22.6 Å². The van der Waals surface area contributed by atoms with Crippen molar-refractivity contribution in [3.8, 4) is 0 Å². The SMILES string of the molecule is CN(C)/C=N/c1ccc(Cl)c(C(=O)Cl)c1. The van der Waals surface area contributed by atoms with Crippen LogP contribution in [0.4, 0.5) is 5.69 Å². The lowest BCUT2D eigenvalue weighted by atomic mass is 10.2. The molecule has 80 valence electrons. The lowest BCUT2D eigenvalue weighted by Gasteiger charge is -2.03. The molecule has 0 saturated heterocycles. The number of rotatable bonds is 3. The monoisotopic (exact) mass is 244 g/mol. The molecule has 15 heavy (non-hydrogen) atoms. The zero-order chi connectivity index (χ0) is 11.4. The van der Waals surface area contributed by atoms with Crippen LogP contribution in [0, 0.1) is 0 Å².